The van der Waals surface area contributed by atoms with Crippen molar-refractivity contribution in [3.8, 4) is 17.2 Å². The second kappa shape index (κ2) is 9.84. The molecule has 0 amide bonds. The van der Waals surface area contributed by atoms with Crippen LogP contribution < -0.4 is 5.56 Å². The van der Waals surface area contributed by atoms with Crippen molar-refractivity contribution in [3.05, 3.63) is 87.6 Å². The molecule has 0 saturated heterocycles. The van der Waals surface area contributed by atoms with Crippen molar-refractivity contribution in [1.82, 2.24) is 14.5 Å². The summed E-state index contributed by atoms with van der Waals surface area (Å²) in [5, 5.41) is 30.1. The lowest BCUT2D eigenvalue weighted by Gasteiger charge is -2.21. The zero-order chi connectivity index (χ0) is 25.1. The fraction of sp³-hybridized carbons (Fsp3) is 0.231. The summed E-state index contributed by atoms with van der Waals surface area (Å²) in [5.74, 6) is -1.97. The number of hydrogen-bond acceptors (Lipinski definition) is 8. The number of carbonyl (C=O) groups is 1. The number of benzene rings is 2. The van der Waals surface area contributed by atoms with Gasteiger partial charge in [0.15, 0.2) is 11.5 Å². The maximum Gasteiger partial charge on any atom is 0.306 e. The number of ether oxygens (including phenoxy) is 1. The largest absolute Gasteiger partial charge is 0.507 e. The first-order valence-electron chi connectivity index (χ1n) is 11.0. The molecule has 0 bridgehead atoms. The van der Waals surface area contributed by atoms with Gasteiger partial charge in [0.1, 0.15) is 5.75 Å². The molecule has 0 aliphatic rings. The Morgan fingerprint density at radius 1 is 0.971 bits per heavy atom. The lowest BCUT2D eigenvalue weighted by Crippen LogP contribution is -2.29. The van der Waals surface area contributed by atoms with E-state index in [1.165, 1.54) is 29.9 Å². The van der Waals surface area contributed by atoms with Crippen LogP contribution in [0.4, 0.5) is 0 Å². The third kappa shape index (κ3) is 4.93. The number of carbonyl (C=O) groups excluding carboxylic acids is 1. The first-order valence-corrected chi connectivity index (χ1v) is 11.0. The molecule has 1 unspecified atom stereocenters. The number of nitrogens with zero attached hydrogens (tertiary/aromatic N) is 3. The molecule has 0 radical (unpaired) electrons. The molecule has 4 rings (SSSR count). The van der Waals surface area contributed by atoms with E-state index in [0.717, 1.165) is 5.56 Å². The minimum Gasteiger partial charge on any atom is -0.507 e. The number of aromatic nitrogens is 3. The summed E-state index contributed by atoms with van der Waals surface area (Å²) in [6.07, 6.45) is 3.37. The number of aromatic hydroxyl groups is 3. The number of methoxy groups -OCH3 is 1. The second-order valence-corrected chi connectivity index (χ2v) is 8.25. The van der Waals surface area contributed by atoms with Gasteiger partial charge in [-0.05, 0) is 54.8 Å². The Labute approximate surface area is 200 Å². The molecule has 180 valence electrons. The Hall–Kier alpha value is -4.40. The highest BCUT2D eigenvalue weighted by atomic mass is 16.5. The molecular formula is C26H25N3O6. The van der Waals surface area contributed by atoms with Crippen molar-refractivity contribution in [2.24, 2.45) is 0 Å². The summed E-state index contributed by atoms with van der Waals surface area (Å²) in [6.45, 7) is 1.97. The van der Waals surface area contributed by atoms with Gasteiger partial charge in [-0.15, -0.1) is 0 Å². The SMILES string of the molecule is COC(=O)CC(c1ccc2nccnc2c1)c1c(O)cc(C)n(CCc2ccc(O)c(O)c2)c1=O. The number of phenols is 2. The summed E-state index contributed by atoms with van der Waals surface area (Å²) in [5.41, 5.74) is 2.79. The van der Waals surface area contributed by atoms with Gasteiger partial charge in [0.05, 0.1) is 30.1 Å². The van der Waals surface area contributed by atoms with Gasteiger partial charge in [-0.3, -0.25) is 19.6 Å². The number of pyridine rings is 1. The van der Waals surface area contributed by atoms with Crippen molar-refractivity contribution in [2.75, 3.05) is 7.11 Å². The van der Waals surface area contributed by atoms with E-state index in [0.29, 0.717) is 28.7 Å². The van der Waals surface area contributed by atoms with Crippen molar-refractivity contribution < 1.29 is 24.9 Å². The average molecular weight is 476 g/mol. The predicted octanol–water partition coefficient (Wildman–Crippen LogP) is 3.15. The smallest absolute Gasteiger partial charge is 0.306 e. The van der Waals surface area contributed by atoms with Crippen LogP contribution in [-0.4, -0.2) is 42.9 Å². The van der Waals surface area contributed by atoms with Gasteiger partial charge < -0.3 is 24.6 Å². The Morgan fingerprint density at radius 3 is 2.43 bits per heavy atom. The average Bonchev–Trinajstić information content (AvgIpc) is 2.84. The Balaban J connectivity index is 1.78. The molecule has 4 aromatic rings. The normalized spacial score (nSPS) is 11.9. The first-order chi connectivity index (χ1) is 16.8. The number of phenolic OH excluding ortho intramolecular Hbond substituents is 2. The highest BCUT2D eigenvalue weighted by Crippen LogP contribution is 2.33. The van der Waals surface area contributed by atoms with Crippen LogP contribution in [-0.2, 0) is 22.5 Å². The van der Waals surface area contributed by atoms with E-state index in [9.17, 15) is 24.9 Å². The van der Waals surface area contributed by atoms with E-state index in [1.54, 1.807) is 43.6 Å². The van der Waals surface area contributed by atoms with E-state index in [1.807, 2.05) is 0 Å². The van der Waals surface area contributed by atoms with E-state index in [4.69, 9.17) is 4.74 Å². The van der Waals surface area contributed by atoms with Crippen LogP contribution in [0.15, 0.2) is 59.7 Å². The molecule has 2 aromatic heterocycles. The van der Waals surface area contributed by atoms with Gasteiger partial charge in [-0.1, -0.05) is 12.1 Å². The number of rotatable bonds is 7. The molecule has 2 aromatic carbocycles. The molecule has 0 fully saturated rings. The van der Waals surface area contributed by atoms with E-state index in [-0.39, 0.29) is 35.8 Å². The molecule has 0 spiro atoms. The molecule has 2 heterocycles. The third-order valence-electron chi connectivity index (χ3n) is 6.03. The molecule has 1 atom stereocenters. The Morgan fingerprint density at radius 2 is 1.71 bits per heavy atom. The van der Waals surface area contributed by atoms with Crippen LogP contribution in [0, 0.1) is 6.92 Å². The monoisotopic (exact) mass is 475 g/mol. The highest BCUT2D eigenvalue weighted by molar-refractivity contribution is 5.76. The van der Waals surface area contributed by atoms with Gasteiger partial charge in [0.2, 0.25) is 0 Å². The van der Waals surface area contributed by atoms with Crippen LogP contribution in [0.25, 0.3) is 11.0 Å². The Kier molecular flexibility index (Phi) is 6.68. The molecule has 9 heteroatoms. The van der Waals surface area contributed by atoms with Gasteiger partial charge in [0, 0.05) is 30.6 Å². The lowest BCUT2D eigenvalue weighted by atomic mass is 9.88. The molecule has 35 heavy (non-hydrogen) atoms. The van der Waals surface area contributed by atoms with Crippen molar-refractivity contribution in [2.45, 2.75) is 32.2 Å². The fourth-order valence-corrected chi connectivity index (χ4v) is 4.17. The quantitative estimate of drug-likeness (QED) is 0.274. The minimum atomic E-state index is -0.772. The standard InChI is InChI=1S/C26H25N3O6/c1-15-11-23(32)25(26(34)29(15)10-7-16-3-6-21(30)22(31)12-16)18(14-24(33)35-2)17-4-5-19-20(13-17)28-9-8-27-19/h3-6,8-9,11-13,18,30-32H,7,10,14H2,1-2H3. The zero-order valence-corrected chi connectivity index (χ0v) is 19.3. The summed E-state index contributed by atoms with van der Waals surface area (Å²) in [7, 11) is 1.27. The predicted molar refractivity (Wildman–Crippen MR) is 129 cm³/mol. The third-order valence-corrected chi connectivity index (χ3v) is 6.03. The topological polar surface area (TPSA) is 135 Å². The fourth-order valence-electron chi connectivity index (χ4n) is 4.17. The van der Waals surface area contributed by atoms with Crippen molar-refractivity contribution >= 4 is 17.0 Å². The first kappa shape index (κ1) is 23.7. The van der Waals surface area contributed by atoms with E-state index >= 15 is 0 Å². The summed E-state index contributed by atoms with van der Waals surface area (Å²) in [6, 6.07) is 11.2. The summed E-state index contributed by atoms with van der Waals surface area (Å²) in [4.78, 5) is 34.5. The maximum absolute atomic E-state index is 13.6. The Bertz CT molecular complexity index is 1460. The van der Waals surface area contributed by atoms with Crippen LogP contribution in [0.1, 0.15) is 34.7 Å². The summed E-state index contributed by atoms with van der Waals surface area (Å²) >= 11 is 0. The molecule has 0 aliphatic carbocycles. The molecular weight excluding hydrogens is 450 g/mol. The molecule has 0 saturated carbocycles. The van der Waals surface area contributed by atoms with Crippen LogP contribution in [0.3, 0.4) is 0 Å². The van der Waals surface area contributed by atoms with Crippen LogP contribution in [0.5, 0.6) is 17.2 Å². The van der Waals surface area contributed by atoms with Crippen molar-refractivity contribution in [3.63, 3.8) is 0 Å². The second-order valence-electron chi connectivity index (χ2n) is 8.25. The number of fused-ring (bicyclic) bond motifs is 1. The van der Waals surface area contributed by atoms with Gasteiger partial charge >= 0.3 is 5.97 Å². The molecule has 9 nitrogen and oxygen atoms in total. The number of esters is 1. The zero-order valence-electron chi connectivity index (χ0n) is 19.3. The van der Waals surface area contributed by atoms with Gasteiger partial charge in [0.25, 0.3) is 5.56 Å². The van der Waals surface area contributed by atoms with Gasteiger partial charge in [-0.25, -0.2) is 0 Å². The lowest BCUT2D eigenvalue weighted by molar-refractivity contribution is -0.140. The minimum absolute atomic E-state index is 0.0813. The van der Waals surface area contributed by atoms with Crippen molar-refractivity contribution in [1.29, 1.82) is 0 Å². The van der Waals surface area contributed by atoms with Gasteiger partial charge in [-0.2, -0.15) is 0 Å². The number of hydrogen-bond donors (Lipinski definition) is 3. The van der Waals surface area contributed by atoms with Crippen LogP contribution >= 0.6 is 0 Å². The highest BCUT2D eigenvalue weighted by Gasteiger charge is 2.27. The van der Waals surface area contributed by atoms with E-state index < -0.39 is 17.4 Å². The maximum atomic E-state index is 13.6. The summed E-state index contributed by atoms with van der Waals surface area (Å²) < 4.78 is 6.39. The van der Waals surface area contributed by atoms with Crippen LogP contribution in [0.2, 0.25) is 0 Å². The molecule has 0 aliphatic heterocycles. The van der Waals surface area contributed by atoms with E-state index in [2.05, 4.69) is 9.97 Å². The molecule has 3 N–H and O–H groups in total. The number of aryl methyl sites for hydroxylation is 2.